The maximum atomic E-state index is 4.35. The van der Waals surface area contributed by atoms with Gasteiger partial charge in [-0.2, -0.15) is 5.10 Å². The average Bonchev–Trinajstić information content (AvgIpc) is 2.78. The lowest BCUT2D eigenvalue weighted by atomic mass is 10.3. The largest absolute Gasteiger partial charge is 0.337 e. The molecule has 0 aliphatic rings. The average molecular weight is 298 g/mol. The highest BCUT2D eigenvalue weighted by atomic mass is 79.9. The second-order valence-electron chi connectivity index (χ2n) is 4.03. The fourth-order valence-corrected chi connectivity index (χ4v) is 2.21. The van der Waals surface area contributed by atoms with E-state index in [-0.39, 0.29) is 0 Å². The van der Waals surface area contributed by atoms with E-state index in [1.165, 1.54) is 0 Å². The molecule has 5 nitrogen and oxygen atoms in total. The Bertz CT molecular complexity index is 514. The topological polar surface area (TPSA) is 47.7 Å². The van der Waals surface area contributed by atoms with Gasteiger partial charge in [-0.05, 0) is 22.9 Å². The summed E-state index contributed by atoms with van der Waals surface area (Å²) in [6.45, 7) is 3.51. The number of halogens is 1. The molecule has 2 aromatic heterocycles. The van der Waals surface area contributed by atoms with Crippen LogP contribution in [0.2, 0.25) is 0 Å². The first kappa shape index (κ1) is 12.3. The predicted octanol–water partition coefficient (Wildman–Crippen LogP) is 1.51. The number of rotatable bonds is 4. The summed E-state index contributed by atoms with van der Waals surface area (Å²) in [5.74, 6) is 1.03. The van der Waals surface area contributed by atoms with E-state index in [2.05, 4.69) is 31.3 Å². The quantitative estimate of drug-likeness (QED) is 0.931. The van der Waals surface area contributed by atoms with Crippen LogP contribution in [0.1, 0.15) is 17.2 Å². The Morgan fingerprint density at radius 2 is 2.12 bits per heavy atom. The molecule has 0 unspecified atom stereocenters. The van der Waals surface area contributed by atoms with Crippen LogP contribution in [-0.4, -0.2) is 19.3 Å². The summed E-state index contributed by atoms with van der Waals surface area (Å²) in [4.78, 5) is 4.26. The Kier molecular flexibility index (Phi) is 3.63. The Hall–Kier alpha value is -1.14. The summed E-state index contributed by atoms with van der Waals surface area (Å²) >= 11 is 3.55. The highest BCUT2D eigenvalue weighted by Gasteiger charge is 2.10. The van der Waals surface area contributed by atoms with Crippen LogP contribution >= 0.6 is 15.9 Å². The van der Waals surface area contributed by atoms with Crippen LogP contribution in [0, 0.1) is 6.92 Å². The molecule has 2 aromatic rings. The third-order valence-corrected chi connectivity index (χ3v) is 3.79. The van der Waals surface area contributed by atoms with Gasteiger partial charge in [-0.25, -0.2) is 4.98 Å². The molecule has 0 radical (unpaired) electrons. The lowest BCUT2D eigenvalue weighted by Gasteiger charge is -2.06. The van der Waals surface area contributed by atoms with Gasteiger partial charge in [0.15, 0.2) is 0 Å². The van der Waals surface area contributed by atoms with Gasteiger partial charge in [-0.15, -0.1) is 0 Å². The van der Waals surface area contributed by atoms with Gasteiger partial charge >= 0.3 is 0 Å². The Morgan fingerprint density at radius 3 is 2.65 bits per heavy atom. The van der Waals surface area contributed by atoms with E-state index < -0.39 is 0 Å². The number of aromatic nitrogens is 4. The van der Waals surface area contributed by atoms with Crippen LogP contribution in [-0.2, 0) is 27.2 Å². The number of aryl methyl sites for hydroxylation is 3. The number of hydrogen-bond donors (Lipinski definition) is 1. The Balaban J connectivity index is 1.97. The zero-order chi connectivity index (χ0) is 12.4. The maximum absolute atomic E-state index is 4.35. The Morgan fingerprint density at radius 1 is 1.35 bits per heavy atom. The fourth-order valence-electron chi connectivity index (χ4n) is 1.73. The van der Waals surface area contributed by atoms with Crippen LogP contribution in [0.3, 0.4) is 0 Å². The molecular weight excluding hydrogens is 282 g/mol. The first-order chi connectivity index (χ1) is 8.09. The molecule has 2 heterocycles. The SMILES string of the molecule is Cc1nn(C)c(CNCc2nccn2C)c1Br. The van der Waals surface area contributed by atoms with Gasteiger partial charge in [-0.3, -0.25) is 4.68 Å². The molecule has 0 fully saturated rings. The zero-order valence-corrected chi connectivity index (χ0v) is 11.8. The summed E-state index contributed by atoms with van der Waals surface area (Å²) in [6.07, 6.45) is 3.75. The van der Waals surface area contributed by atoms with Gasteiger partial charge in [0.25, 0.3) is 0 Å². The minimum Gasteiger partial charge on any atom is -0.337 e. The lowest BCUT2D eigenvalue weighted by Crippen LogP contribution is -2.17. The van der Waals surface area contributed by atoms with Crippen molar-refractivity contribution in [1.29, 1.82) is 0 Å². The summed E-state index contributed by atoms with van der Waals surface area (Å²) in [5, 5.41) is 7.72. The fraction of sp³-hybridized carbons (Fsp3) is 0.455. The summed E-state index contributed by atoms with van der Waals surface area (Å²) in [7, 11) is 3.95. The summed E-state index contributed by atoms with van der Waals surface area (Å²) in [5.41, 5.74) is 2.16. The first-order valence-corrected chi connectivity index (χ1v) is 6.23. The van der Waals surface area contributed by atoms with E-state index in [1.807, 2.05) is 36.5 Å². The van der Waals surface area contributed by atoms with Crippen molar-refractivity contribution in [2.75, 3.05) is 0 Å². The van der Waals surface area contributed by atoms with E-state index >= 15 is 0 Å². The van der Waals surface area contributed by atoms with Gasteiger partial charge < -0.3 is 9.88 Å². The molecule has 6 heteroatoms. The maximum Gasteiger partial charge on any atom is 0.122 e. The monoisotopic (exact) mass is 297 g/mol. The summed E-state index contributed by atoms with van der Waals surface area (Å²) in [6, 6.07) is 0. The minimum absolute atomic E-state index is 0.750. The van der Waals surface area contributed by atoms with E-state index in [1.54, 1.807) is 6.20 Å². The van der Waals surface area contributed by atoms with Crippen molar-refractivity contribution in [3.05, 3.63) is 34.1 Å². The normalized spacial score (nSPS) is 11.1. The van der Waals surface area contributed by atoms with E-state index in [0.717, 1.165) is 34.8 Å². The predicted molar refractivity (Wildman–Crippen MR) is 69.4 cm³/mol. The van der Waals surface area contributed by atoms with Crippen molar-refractivity contribution in [1.82, 2.24) is 24.6 Å². The van der Waals surface area contributed by atoms with Crippen LogP contribution < -0.4 is 5.32 Å². The number of nitrogens with zero attached hydrogens (tertiary/aromatic N) is 4. The van der Waals surface area contributed by atoms with Crippen LogP contribution in [0.4, 0.5) is 0 Å². The van der Waals surface area contributed by atoms with E-state index in [4.69, 9.17) is 0 Å². The van der Waals surface area contributed by atoms with Crippen LogP contribution in [0.25, 0.3) is 0 Å². The van der Waals surface area contributed by atoms with Gasteiger partial charge in [0, 0.05) is 33.0 Å². The molecule has 0 aliphatic carbocycles. The highest BCUT2D eigenvalue weighted by molar-refractivity contribution is 9.10. The van der Waals surface area contributed by atoms with Crippen LogP contribution in [0.5, 0.6) is 0 Å². The third-order valence-electron chi connectivity index (χ3n) is 2.76. The molecule has 0 bridgehead atoms. The number of imidazole rings is 1. The standard InChI is InChI=1S/C11H16BrN5/c1-8-11(12)9(17(3)15-8)6-13-7-10-14-4-5-16(10)2/h4-5,13H,6-7H2,1-3H3. The lowest BCUT2D eigenvalue weighted by molar-refractivity contribution is 0.597. The van der Waals surface area contributed by atoms with Crippen molar-refractivity contribution >= 4 is 15.9 Å². The molecule has 0 aliphatic heterocycles. The minimum atomic E-state index is 0.750. The smallest absolute Gasteiger partial charge is 0.122 e. The van der Waals surface area contributed by atoms with Gasteiger partial charge in [-0.1, -0.05) is 0 Å². The molecule has 0 amide bonds. The number of hydrogen-bond acceptors (Lipinski definition) is 3. The second kappa shape index (κ2) is 5.01. The van der Waals surface area contributed by atoms with E-state index in [0.29, 0.717) is 0 Å². The molecule has 17 heavy (non-hydrogen) atoms. The molecule has 0 aromatic carbocycles. The number of nitrogens with one attached hydrogen (secondary N) is 1. The molecule has 0 atom stereocenters. The van der Waals surface area contributed by atoms with Gasteiger partial charge in [0.2, 0.25) is 0 Å². The van der Waals surface area contributed by atoms with Crippen LogP contribution in [0.15, 0.2) is 16.9 Å². The Labute approximate surface area is 109 Å². The molecular formula is C11H16BrN5. The molecule has 0 spiro atoms. The third kappa shape index (κ3) is 2.58. The van der Waals surface area contributed by atoms with Crippen molar-refractivity contribution in [3.8, 4) is 0 Å². The van der Waals surface area contributed by atoms with Crippen molar-refractivity contribution in [2.24, 2.45) is 14.1 Å². The van der Waals surface area contributed by atoms with Crippen molar-refractivity contribution < 1.29 is 0 Å². The first-order valence-electron chi connectivity index (χ1n) is 5.44. The van der Waals surface area contributed by atoms with E-state index in [9.17, 15) is 0 Å². The zero-order valence-electron chi connectivity index (χ0n) is 10.2. The van der Waals surface area contributed by atoms with Gasteiger partial charge in [0.05, 0.1) is 22.4 Å². The molecule has 92 valence electrons. The van der Waals surface area contributed by atoms with Gasteiger partial charge in [0.1, 0.15) is 5.82 Å². The second-order valence-corrected chi connectivity index (χ2v) is 4.82. The molecule has 2 rings (SSSR count). The molecule has 1 N–H and O–H groups in total. The van der Waals surface area contributed by atoms with Crippen molar-refractivity contribution in [3.63, 3.8) is 0 Å². The summed E-state index contributed by atoms with van der Waals surface area (Å²) < 4.78 is 4.98. The molecule has 0 saturated carbocycles. The molecule has 0 saturated heterocycles. The highest BCUT2D eigenvalue weighted by Crippen LogP contribution is 2.19. The van der Waals surface area contributed by atoms with Crippen molar-refractivity contribution in [2.45, 2.75) is 20.0 Å².